The van der Waals surface area contributed by atoms with Crippen molar-refractivity contribution in [2.45, 2.75) is 240 Å². The van der Waals surface area contributed by atoms with Crippen molar-refractivity contribution in [1.82, 2.24) is 0 Å². The van der Waals surface area contributed by atoms with Gasteiger partial charge in [0.15, 0.2) is 0 Å². The second-order valence-corrected chi connectivity index (χ2v) is 22.3. The van der Waals surface area contributed by atoms with Crippen LogP contribution < -0.4 is 0 Å². The van der Waals surface area contributed by atoms with E-state index in [-0.39, 0.29) is 131 Å². The first kappa shape index (κ1) is 84.9. The quantitative estimate of drug-likeness (QED) is 0.155. The van der Waals surface area contributed by atoms with E-state index in [1.54, 1.807) is 0 Å². The molecule has 0 aromatic heterocycles. The van der Waals surface area contributed by atoms with Crippen molar-refractivity contribution in [3.8, 4) is 33.4 Å². The van der Waals surface area contributed by atoms with Crippen molar-refractivity contribution in [3.63, 3.8) is 0 Å². The van der Waals surface area contributed by atoms with E-state index in [2.05, 4.69) is 240 Å². The molecule has 0 aliphatic carbocycles. The molecule has 0 saturated heterocycles. The third-order valence-corrected chi connectivity index (χ3v) is 10.8. The Bertz CT molecular complexity index is 2250. The minimum Gasteiger partial charge on any atom is -0.226 e. The van der Waals surface area contributed by atoms with Gasteiger partial charge in [-0.25, -0.2) is 33.4 Å². The minimum atomic E-state index is 0. The zero-order valence-corrected chi connectivity index (χ0v) is 62.6. The summed E-state index contributed by atoms with van der Waals surface area (Å²) in [5, 5.41) is 0. The Morgan fingerprint density at radius 2 is 0.533 bits per heavy atom. The van der Waals surface area contributed by atoms with Crippen LogP contribution in [-0.2, 0) is 131 Å². The average molecular weight is 1240 g/mol. The molecular weight excluding hydrogens is 1130 g/mol. The van der Waals surface area contributed by atoms with Crippen molar-refractivity contribution in [1.29, 1.82) is 0 Å². The van der Waals surface area contributed by atoms with Gasteiger partial charge in [-0.15, -0.1) is 41.5 Å². The Kier molecular flexibility index (Phi) is 47.1. The summed E-state index contributed by atoms with van der Waals surface area (Å²) in [6.07, 6.45) is 0. The van der Waals surface area contributed by atoms with Crippen LogP contribution >= 0.6 is 0 Å². The molecule has 6 aromatic rings. The molecule has 0 unspecified atom stereocenters. The molecule has 6 rings (SSSR count). The molecule has 0 aliphatic heterocycles. The van der Waals surface area contributed by atoms with Gasteiger partial charge in [0.05, 0.1) is 0 Å². The van der Waals surface area contributed by atoms with Gasteiger partial charge in [-0.3, -0.25) is 0 Å². The zero-order valence-electron chi connectivity index (χ0n) is 54.1. The predicted molar refractivity (Wildman–Crippen MR) is 329 cm³/mol. The number of hydrogen-bond acceptors (Lipinski definition) is 0. The first-order valence-electron chi connectivity index (χ1n) is 27.7. The minimum absolute atomic E-state index is 0. The molecule has 0 aliphatic rings. The summed E-state index contributed by atoms with van der Waals surface area (Å²) in [4.78, 5) is 0. The molecule has 6 aromatic carbocycles. The van der Waals surface area contributed by atoms with Crippen LogP contribution in [0.25, 0.3) is 33.4 Å². The third-order valence-electron chi connectivity index (χ3n) is 10.8. The number of hydrogen-bond donors (Lipinski definition) is 0. The predicted octanol–water partition coefficient (Wildman–Crippen LogP) is 22.8. The fraction of sp³-hybridized carbons (Fsp3) is 0.500. The molecule has 0 amide bonds. The molecule has 3 heteroatoms. The molecule has 0 nitrogen and oxygen atoms in total. The summed E-state index contributed by atoms with van der Waals surface area (Å²) in [5.41, 5.74) is 15.7. The van der Waals surface area contributed by atoms with Crippen molar-refractivity contribution < 1.29 is 98.1 Å². The maximum absolute atomic E-state index is 3.44. The monoisotopic (exact) mass is 1240 g/mol. The van der Waals surface area contributed by atoms with Crippen molar-refractivity contribution in [2.75, 3.05) is 0 Å². The Morgan fingerprint density at radius 1 is 0.253 bits per heavy atom. The van der Waals surface area contributed by atoms with Crippen molar-refractivity contribution >= 4 is 0 Å². The van der Waals surface area contributed by atoms with Crippen molar-refractivity contribution in [3.05, 3.63) is 179 Å². The molecule has 411 valence electrons. The maximum atomic E-state index is 3.44. The summed E-state index contributed by atoms with van der Waals surface area (Å²) < 4.78 is 0. The molecule has 0 spiro atoms. The summed E-state index contributed by atoms with van der Waals surface area (Å²) in [6.45, 7) is 64.4. The smallest absolute Gasteiger partial charge is 0 e. The molecule has 0 bridgehead atoms. The van der Waals surface area contributed by atoms with E-state index in [1.165, 1.54) is 55.6 Å². The van der Waals surface area contributed by atoms with Gasteiger partial charge in [-0.2, -0.15) is 138 Å². The Hall–Kier alpha value is -1.37. The number of benzene rings is 6. The largest absolute Gasteiger partial charge is 0.226 e. The molecule has 0 N–H and O–H groups in total. The van der Waals surface area contributed by atoms with E-state index in [1.807, 2.05) is 113 Å². The maximum Gasteiger partial charge on any atom is 0 e. The van der Waals surface area contributed by atoms with Crippen LogP contribution in [0.5, 0.6) is 0 Å². The Labute approximate surface area is 544 Å². The van der Waals surface area contributed by atoms with E-state index < -0.39 is 0 Å². The van der Waals surface area contributed by atoms with Gasteiger partial charge < -0.3 is 0 Å². The third kappa shape index (κ3) is 29.6. The SMILES string of the molecule is CC.CC.CC.CC.CC.CC.CC(C)(C)c1c[c-]c(-c2[c-]cccc2C(C)(C)C)cc1.CC(C)(C)c1cc[c-]c(-c2[c-]cccc2C(C)(C)C)c1.CC(C)(C)c1ccc[c-]c1-c1[c-]cccc1C(C)(C)C.[Y].[Y].[Y]. The average Bonchev–Trinajstić information content (AvgIpc) is 3.36. The standard InChI is InChI=1S/3C20H24.6C2H6.3Y/c1-19(2,3)17-13-9-7-11-15(17)16-12-8-10-14-18(16)20(4,5)6;1-19(2,3)16-11-9-10-15(14-16)17-12-7-8-13-18(17)20(4,5)6;1-19(2,3)16-13-11-15(12-14-16)17-9-7-8-10-18(17)20(4,5)6;6*1-2;;;/h7-10,13-14H,1-6H3;7-9,11,13-14H,1-6H3;7-8,10-11,13-14H,1-6H3;6*1-2H3;;;/q3*-2;;;;;;;;;. The molecule has 0 atom stereocenters. The van der Waals surface area contributed by atoms with Crippen LogP contribution in [0.2, 0.25) is 0 Å². The molecule has 0 saturated carbocycles. The topological polar surface area (TPSA) is 0 Å². The summed E-state index contributed by atoms with van der Waals surface area (Å²) in [6, 6.07) is 58.5. The van der Waals surface area contributed by atoms with Crippen LogP contribution in [0, 0.1) is 36.4 Å². The van der Waals surface area contributed by atoms with Gasteiger partial charge in [0.1, 0.15) is 0 Å². The van der Waals surface area contributed by atoms with Gasteiger partial charge in [-0.05, 0) is 10.8 Å². The summed E-state index contributed by atoms with van der Waals surface area (Å²) >= 11 is 0. The fourth-order valence-electron chi connectivity index (χ4n) is 7.23. The summed E-state index contributed by atoms with van der Waals surface area (Å²) in [7, 11) is 0. The second-order valence-electron chi connectivity index (χ2n) is 22.3. The van der Waals surface area contributed by atoms with Gasteiger partial charge in [0.25, 0.3) is 0 Å². The van der Waals surface area contributed by atoms with Crippen molar-refractivity contribution in [2.24, 2.45) is 0 Å². The first-order chi connectivity index (χ1) is 33.6. The molecule has 0 heterocycles. The molecular formula is C72H108Y3-6. The van der Waals surface area contributed by atoms with Gasteiger partial charge in [0.2, 0.25) is 0 Å². The van der Waals surface area contributed by atoms with E-state index in [0.717, 1.165) is 11.1 Å². The van der Waals surface area contributed by atoms with E-state index in [4.69, 9.17) is 0 Å². The zero-order chi connectivity index (χ0) is 56.9. The normalized spacial score (nSPS) is 10.5. The second kappa shape index (κ2) is 41.6. The Morgan fingerprint density at radius 3 is 0.800 bits per heavy atom. The molecule has 75 heavy (non-hydrogen) atoms. The van der Waals surface area contributed by atoms with Gasteiger partial charge in [0, 0.05) is 98.1 Å². The van der Waals surface area contributed by atoms with Crippen LogP contribution in [0.3, 0.4) is 0 Å². The van der Waals surface area contributed by atoms with Crippen LogP contribution in [-0.4, -0.2) is 0 Å². The van der Waals surface area contributed by atoms with E-state index in [9.17, 15) is 0 Å². The fourth-order valence-corrected chi connectivity index (χ4v) is 7.23. The summed E-state index contributed by atoms with van der Waals surface area (Å²) in [5.74, 6) is 0. The van der Waals surface area contributed by atoms with Crippen LogP contribution in [0.1, 0.15) is 241 Å². The van der Waals surface area contributed by atoms with E-state index >= 15 is 0 Å². The number of rotatable bonds is 3. The molecule has 0 fully saturated rings. The van der Waals surface area contributed by atoms with Crippen LogP contribution in [0.15, 0.2) is 109 Å². The van der Waals surface area contributed by atoms with E-state index in [0.29, 0.717) is 0 Å². The molecule has 3 radical (unpaired) electrons. The van der Waals surface area contributed by atoms with Gasteiger partial charge in [-0.1, -0.05) is 229 Å². The van der Waals surface area contributed by atoms with Crippen LogP contribution in [0.4, 0.5) is 0 Å². The first-order valence-corrected chi connectivity index (χ1v) is 27.7. The van der Waals surface area contributed by atoms with Gasteiger partial charge >= 0.3 is 0 Å². The Balaban J connectivity index is -0.000000212.